The zero-order chi connectivity index (χ0) is 14.7. The van der Waals surface area contributed by atoms with Crippen molar-refractivity contribution in [2.45, 2.75) is 34.7 Å². The summed E-state index contributed by atoms with van der Waals surface area (Å²) in [6.07, 6.45) is 0.836. The van der Waals surface area contributed by atoms with E-state index in [4.69, 9.17) is 0 Å². The molecule has 1 aliphatic carbocycles. The Kier molecular flexibility index (Phi) is 3.04. The van der Waals surface area contributed by atoms with Crippen molar-refractivity contribution in [1.29, 1.82) is 0 Å². The Labute approximate surface area is 137 Å². The van der Waals surface area contributed by atoms with Crippen LogP contribution in [0.4, 0.5) is 0 Å². The molecule has 2 aromatic rings. The smallest absolute Gasteiger partial charge is 0.246 e. The fourth-order valence-corrected chi connectivity index (χ4v) is 5.00. The van der Waals surface area contributed by atoms with Crippen LogP contribution >= 0.6 is 31.9 Å². The first-order valence-electron chi connectivity index (χ1n) is 6.85. The molecule has 0 radical (unpaired) electrons. The van der Waals surface area contributed by atoms with Crippen LogP contribution in [-0.2, 0) is 6.54 Å². The summed E-state index contributed by atoms with van der Waals surface area (Å²) in [4.78, 5) is 25.6. The molecular formula is C14H13Br2N3O2. The Hall–Kier alpha value is -1.08. The molecule has 2 bridgehead atoms. The summed E-state index contributed by atoms with van der Waals surface area (Å²) in [5.41, 5.74) is 0.542. The summed E-state index contributed by atoms with van der Waals surface area (Å²) < 4.78 is 4.60. The molecule has 110 valence electrons. The second-order valence-electron chi connectivity index (χ2n) is 5.59. The van der Waals surface area contributed by atoms with Gasteiger partial charge in [-0.25, -0.2) is 23.5 Å². The van der Waals surface area contributed by atoms with E-state index < -0.39 is 0 Å². The average Bonchev–Trinajstić information content (AvgIpc) is 3.09. The molecule has 1 fully saturated rings. The number of alkyl halides is 2. The highest BCUT2D eigenvalue weighted by Gasteiger charge is 2.51. The number of hydrogen-bond donors (Lipinski definition) is 0. The number of hydrogen-bond acceptors (Lipinski definition) is 2. The van der Waals surface area contributed by atoms with E-state index in [-0.39, 0.29) is 33.1 Å². The number of fused-ring (bicyclic) bond motifs is 5. The van der Waals surface area contributed by atoms with E-state index in [0.29, 0.717) is 6.54 Å². The first-order chi connectivity index (χ1) is 10.1. The molecule has 5 nitrogen and oxygen atoms in total. The third-order valence-electron chi connectivity index (χ3n) is 4.42. The van der Waals surface area contributed by atoms with E-state index in [1.807, 2.05) is 30.3 Å². The Morgan fingerprint density at radius 1 is 0.952 bits per heavy atom. The topological polar surface area (TPSA) is 48.9 Å². The number of rotatable bonds is 2. The first-order valence-corrected chi connectivity index (χ1v) is 8.68. The fraction of sp³-hybridized carbons (Fsp3) is 0.429. The van der Waals surface area contributed by atoms with Crippen LogP contribution in [0.15, 0.2) is 39.9 Å². The van der Waals surface area contributed by atoms with E-state index in [2.05, 4.69) is 31.9 Å². The predicted octanol–water partition coefficient (Wildman–Crippen LogP) is 1.89. The highest BCUT2D eigenvalue weighted by Crippen LogP contribution is 2.49. The van der Waals surface area contributed by atoms with Crippen LogP contribution in [0.5, 0.6) is 0 Å². The van der Waals surface area contributed by atoms with Crippen LogP contribution in [0.1, 0.15) is 24.1 Å². The Morgan fingerprint density at radius 2 is 1.48 bits per heavy atom. The predicted molar refractivity (Wildman–Crippen MR) is 86.6 cm³/mol. The molecular weight excluding hydrogens is 402 g/mol. The zero-order valence-electron chi connectivity index (χ0n) is 11.0. The largest absolute Gasteiger partial charge is 0.347 e. The average molecular weight is 415 g/mol. The highest BCUT2D eigenvalue weighted by atomic mass is 79.9. The molecule has 2 aliphatic rings. The lowest BCUT2D eigenvalue weighted by molar-refractivity contribution is 0.395. The maximum absolute atomic E-state index is 12.6. The van der Waals surface area contributed by atoms with Gasteiger partial charge in [-0.15, -0.1) is 0 Å². The fourth-order valence-electron chi connectivity index (χ4n) is 3.42. The minimum absolute atomic E-state index is 0.0524. The SMILES string of the molecule is O=c1n(Cc2ccccc2)c(=O)n2n1[C@@H]1C[C@@H]2[C@@H](Br)[C@H]1Br. The summed E-state index contributed by atoms with van der Waals surface area (Å²) in [6.45, 7) is 0.324. The second kappa shape index (κ2) is 4.71. The van der Waals surface area contributed by atoms with Crippen molar-refractivity contribution in [2.75, 3.05) is 0 Å². The summed E-state index contributed by atoms with van der Waals surface area (Å²) >= 11 is 7.27. The van der Waals surface area contributed by atoms with Gasteiger partial charge >= 0.3 is 11.4 Å². The normalized spacial score (nSPS) is 29.8. The molecule has 4 atom stereocenters. The Bertz CT molecular complexity index is 762. The van der Waals surface area contributed by atoms with Gasteiger partial charge in [-0.05, 0) is 12.0 Å². The number of benzene rings is 1. The van der Waals surface area contributed by atoms with E-state index in [0.717, 1.165) is 12.0 Å². The molecule has 1 aromatic carbocycles. The molecule has 2 heterocycles. The standard InChI is InChI=1S/C14H13Br2N3O2/c15-11-9-6-10(12(11)16)19-14(21)17(13(20)18(9)19)7-8-4-2-1-3-5-8/h1-5,9-12H,6-7H2/t9-,10-,11-,12+/m1/s1. The van der Waals surface area contributed by atoms with Gasteiger partial charge in [0.05, 0.1) is 28.3 Å². The highest BCUT2D eigenvalue weighted by molar-refractivity contribution is 9.12. The van der Waals surface area contributed by atoms with E-state index >= 15 is 0 Å². The molecule has 1 saturated carbocycles. The minimum atomic E-state index is -0.208. The van der Waals surface area contributed by atoms with Crippen LogP contribution in [0.25, 0.3) is 0 Å². The molecule has 0 amide bonds. The lowest BCUT2D eigenvalue weighted by Crippen LogP contribution is -2.38. The third kappa shape index (κ3) is 1.80. The minimum Gasteiger partial charge on any atom is -0.246 e. The maximum atomic E-state index is 12.6. The van der Waals surface area contributed by atoms with Gasteiger partial charge in [0.15, 0.2) is 0 Å². The third-order valence-corrected chi connectivity index (χ3v) is 7.49. The van der Waals surface area contributed by atoms with Crippen molar-refractivity contribution in [1.82, 2.24) is 13.9 Å². The van der Waals surface area contributed by atoms with Crippen molar-refractivity contribution in [3.05, 3.63) is 56.9 Å². The van der Waals surface area contributed by atoms with E-state index in [1.54, 1.807) is 9.36 Å². The Balaban J connectivity index is 1.83. The Morgan fingerprint density at radius 3 is 2.00 bits per heavy atom. The van der Waals surface area contributed by atoms with Crippen LogP contribution in [-0.4, -0.2) is 23.6 Å². The summed E-state index contributed by atoms with van der Waals surface area (Å²) in [6, 6.07) is 9.70. The monoisotopic (exact) mass is 413 g/mol. The zero-order valence-corrected chi connectivity index (χ0v) is 14.2. The quantitative estimate of drug-likeness (QED) is 0.704. The van der Waals surface area contributed by atoms with Crippen LogP contribution < -0.4 is 11.4 Å². The van der Waals surface area contributed by atoms with Crippen molar-refractivity contribution in [2.24, 2.45) is 0 Å². The van der Waals surface area contributed by atoms with Crippen LogP contribution in [0.2, 0.25) is 0 Å². The van der Waals surface area contributed by atoms with Crippen molar-refractivity contribution < 1.29 is 0 Å². The number of halogens is 2. The summed E-state index contributed by atoms with van der Waals surface area (Å²) in [5.74, 6) is 0. The molecule has 0 saturated heterocycles. The molecule has 21 heavy (non-hydrogen) atoms. The van der Waals surface area contributed by atoms with Crippen molar-refractivity contribution >= 4 is 31.9 Å². The van der Waals surface area contributed by atoms with Gasteiger partial charge in [-0.1, -0.05) is 62.2 Å². The number of aromatic nitrogens is 3. The van der Waals surface area contributed by atoms with Crippen LogP contribution in [0, 0.1) is 0 Å². The second-order valence-corrected chi connectivity index (χ2v) is 7.70. The molecule has 0 unspecified atom stereocenters. The van der Waals surface area contributed by atoms with E-state index in [9.17, 15) is 9.59 Å². The lowest BCUT2D eigenvalue weighted by Gasteiger charge is -2.24. The molecule has 1 aromatic heterocycles. The lowest BCUT2D eigenvalue weighted by atomic mass is 10.2. The molecule has 0 N–H and O–H groups in total. The molecule has 1 aliphatic heterocycles. The van der Waals surface area contributed by atoms with Crippen LogP contribution in [0.3, 0.4) is 0 Å². The molecule has 7 heteroatoms. The number of nitrogens with zero attached hydrogens (tertiary/aromatic N) is 3. The molecule has 0 spiro atoms. The van der Waals surface area contributed by atoms with Gasteiger partial charge in [0.25, 0.3) is 0 Å². The van der Waals surface area contributed by atoms with Gasteiger partial charge in [-0.3, -0.25) is 0 Å². The molecule has 4 rings (SSSR count). The van der Waals surface area contributed by atoms with Crippen molar-refractivity contribution in [3.63, 3.8) is 0 Å². The van der Waals surface area contributed by atoms with Gasteiger partial charge in [0.2, 0.25) is 0 Å². The van der Waals surface area contributed by atoms with Gasteiger partial charge in [0, 0.05) is 0 Å². The first kappa shape index (κ1) is 13.6. The van der Waals surface area contributed by atoms with Gasteiger partial charge < -0.3 is 0 Å². The van der Waals surface area contributed by atoms with E-state index in [1.165, 1.54) is 4.57 Å². The summed E-state index contributed by atoms with van der Waals surface area (Å²) in [5, 5.41) is 0. The van der Waals surface area contributed by atoms with Gasteiger partial charge in [-0.2, -0.15) is 0 Å². The van der Waals surface area contributed by atoms with Crippen molar-refractivity contribution in [3.8, 4) is 0 Å². The van der Waals surface area contributed by atoms with Gasteiger partial charge in [0.1, 0.15) is 0 Å². The maximum Gasteiger partial charge on any atom is 0.347 e. The summed E-state index contributed by atoms with van der Waals surface area (Å²) in [7, 11) is 0.